The van der Waals surface area contributed by atoms with Crippen molar-refractivity contribution in [1.82, 2.24) is 15.0 Å². The monoisotopic (exact) mass is 599 g/mol. The molecule has 5 saturated carbocycles. The Morgan fingerprint density at radius 1 is 0.744 bits per heavy atom. The second-order valence-electron chi connectivity index (χ2n) is 15.5. The highest BCUT2D eigenvalue weighted by Crippen LogP contribution is 2.60. The van der Waals surface area contributed by atoms with Crippen LogP contribution in [0.3, 0.4) is 0 Å². The summed E-state index contributed by atoms with van der Waals surface area (Å²) in [4.78, 5) is 14.3. The topological polar surface area (TPSA) is 118 Å². The van der Waals surface area contributed by atoms with E-state index in [1.165, 1.54) is 57.8 Å². The summed E-state index contributed by atoms with van der Waals surface area (Å²) in [5, 5.41) is 7.24. The molecule has 8 fully saturated rings. The van der Waals surface area contributed by atoms with Crippen LogP contribution in [0.5, 0.6) is 6.01 Å². The lowest BCUT2D eigenvalue weighted by Gasteiger charge is -2.56. The molecule has 4 bridgehead atoms. The average molecular weight is 600 g/mol. The molecule has 0 radical (unpaired) electrons. The van der Waals surface area contributed by atoms with Crippen molar-refractivity contribution in [2.24, 2.45) is 23.2 Å². The Hall–Kier alpha value is -1.79. The Balaban J connectivity index is 0.994. The first-order valence-corrected chi connectivity index (χ1v) is 16.9. The van der Waals surface area contributed by atoms with Gasteiger partial charge in [-0.05, 0) is 102 Å². The van der Waals surface area contributed by atoms with Crippen LogP contribution in [0.25, 0.3) is 0 Å². The van der Waals surface area contributed by atoms with Gasteiger partial charge in [0.05, 0.1) is 0 Å². The molecule has 11 nitrogen and oxygen atoms in total. The maximum atomic E-state index is 6.36. The Labute approximate surface area is 254 Å². The largest absolute Gasteiger partial charge is 0.460 e. The molecule has 43 heavy (non-hydrogen) atoms. The van der Waals surface area contributed by atoms with Crippen molar-refractivity contribution >= 4 is 11.9 Å². The van der Waals surface area contributed by atoms with Gasteiger partial charge >= 0.3 is 6.01 Å². The molecular weight excluding hydrogens is 550 g/mol. The first-order valence-electron chi connectivity index (χ1n) is 16.9. The molecule has 0 amide bonds. The first kappa shape index (κ1) is 28.7. The van der Waals surface area contributed by atoms with E-state index in [0.717, 1.165) is 37.1 Å². The minimum atomic E-state index is -0.767. The Morgan fingerprint density at radius 3 is 2.09 bits per heavy atom. The highest BCUT2D eigenvalue weighted by molar-refractivity contribution is 5.37. The second kappa shape index (κ2) is 10.6. The summed E-state index contributed by atoms with van der Waals surface area (Å²) >= 11 is 0. The molecule has 9 rings (SSSR count). The molecular formula is C32H49N5O6. The Bertz CT molecular complexity index is 1160. The fraction of sp³-hybridized carbons (Fsp3) is 0.906. The number of nitrogens with one attached hydrogen (secondary N) is 2. The lowest BCUT2D eigenvalue weighted by molar-refractivity contribution is -0.238. The molecule has 4 heterocycles. The summed E-state index contributed by atoms with van der Waals surface area (Å²) in [6, 6.07) is 0.652. The molecule has 5 atom stereocenters. The van der Waals surface area contributed by atoms with Gasteiger partial charge in [-0.25, -0.2) is 0 Å². The van der Waals surface area contributed by atoms with E-state index in [2.05, 4.69) is 10.6 Å². The first-order chi connectivity index (χ1) is 20.6. The number of anilines is 2. The van der Waals surface area contributed by atoms with Gasteiger partial charge in [0.15, 0.2) is 17.9 Å². The smallest absolute Gasteiger partial charge is 0.323 e. The van der Waals surface area contributed by atoms with E-state index in [0.29, 0.717) is 23.4 Å². The third-order valence-electron chi connectivity index (χ3n) is 11.0. The number of aromatic nitrogens is 3. The quantitative estimate of drug-likeness (QED) is 0.419. The van der Waals surface area contributed by atoms with Crippen LogP contribution in [-0.4, -0.2) is 76.4 Å². The van der Waals surface area contributed by atoms with Crippen LogP contribution in [0.1, 0.15) is 98.3 Å². The summed E-state index contributed by atoms with van der Waals surface area (Å²) in [5.74, 6) is 2.33. The van der Waals surface area contributed by atoms with Crippen molar-refractivity contribution in [1.29, 1.82) is 0 Å². The van der Waals surface area contributed by atoms with Crippen LogP contribution in [-0.2, 0) is 23.7 Å². The van der Waals surface area contributed by atoms with Crippen LogP contribution in [0.15, 0.2) is 0 Å². The minimum Gasteiger partial charge on any atom is -0.460 e. The average Bonchev–Trinajstić information content (AvgIpc) is 3.44. The highest BCUT2D eigenvalue weighted by Gasteiger charge is 2.61. The third-order valence-corrected chi connectivity index (χ3v) is 11.0. The number of ether oxygens (including phenoxy) is 6. The van der Waals surface area contributed by atoms with E-state index in [1.54, 1.807) is 0 Å². The standard InChI is InChI=1S/C32H49N5O6/c1-30(2)40-23-22(39-26-25(24(23)41-30)42-31(3,4)43-26)16-38-29-36-27(35-28(37-29)34-21-8-6-5-7-9-21)33-17-32-13-18-10-19(14-32)12-20(11-18)15-32/h18-26H,5-17H2,1-4H3,(H2,33,34,35,36,37)/t18?,19?,20?,22-,23+,24+,25-,26-,32?/m1/s1. The van der Waals surface area contributed by atoms with E-state index >= 15 is 0 Å². The molecule has 1 aromatic heterocycles. The summed E-state index contributed by atoms with van der Waals surface area (Å²) in [7, 11) is 0. The zero-order valence-electron chi connectivity index (χ0n) is 26.2. The molecule has 0 aromatic carbocycles. The summed E-state index contributed by atoms with van der Waals surface area (Å²) < 4.78 is 37.4. The normalized spacial score (nSPS) is 42.4. The van der Waals surface area contributed by atoms with Crippen molar-refractivity contribution in [2.75, 3.05) is 23.8 Å². The van der Waals surface area contributed by atoms with Gasteiger partial charge in [-0.3, -0.25) is 0 Å². The molecule has 3 saturated heterocycles. The predicted molar refractivity (Wildman–Crippen MR) is 157 cm³/mol. The van der Waals surface area contributed by atoms with E-state index in [9.17, 15) is 0 Å². The number of fused-ring (bicyclic) bond motifs is 3. The Morgan fingerprint density at radius 2 is 1.37 bits per heavy atom. The zero-order valence-corrected chi connectivity index (χ0v) is 26.2. The number of hydrogen-bond acceptors (Lipinski definition) is 11. The number of rotatable bonds is 8. The van der Waals surface area contributed by atoms with Gasteiger partial charge in [-0.2, -0.15) is 15.0 Å². The maximum absolute atomic E-state index is 6.36. The van der Waals surface area contributed by atoms with Crippen LogP contribution in [0.2, 0.25) is 0 Å². The highest BCUT2D eigenvalue weighted by atomic mass is 16.9. The summed E-state index contributed by atoms with van der Waals surface area (Å²) in [6.45, 7) is 8.70. The van der Waals surface area contributed by atoms with Crippen LogP contribution >= 0.6 is 0 Å². The fourth-order valence-electron chi connectivity index (χ4n) is 9.75. The third kappa shape index (κ3) is 5.85. The van der Waals surface area contributed by atoms with E-state index in [4.69, 9.17) is 43.4 Å². The zero-order chi connectivity index (χ0) is 29.4. The summed E-state index contributed by atoms with van der Waals surface area (Å²) in [5.41, 5.74) is 0.366. The molecule has 8 aliphatic rings. The minimum absolute atomic E-state index is 0.189. The van der Waals surface area contributed by atoms with Crippen molar-refractivity contribution in [3.8, 4) is 6.01 Å². The van der Waals surface area contributed by atoms with Gasteiger partial charge in [0.2, 0.25) is 11.9 Å². The number of hydrogen-bond donors (Lipinski definition) is 2. The van der Waals surface area contributed by atoms with Crippen molar-refractivity contribution < 1.29 is 28.4 Å². The van der Waals surface area contributed by atoms with Crippen LogP contribution in [0.4, 0.5) is 11.9 Å². The molecule has 0 spiro atoms. The second-order valence-corrected chi connectivity index (χ2v) is 15.5. The molecule has 238 valence electrons. The molecule has 0 unspecified atom stereocenters. The Kier molecular flexibility index (Phi) is 7.10. The maximum Gasteiger partial charge on any atom is 0.323 e. The van der Waals surface area contributed by atoms with Crippen LogP contribution in [0, 0.1) is 23.2 Å². The summed E-state index contributed by atoms with van der Waals surface area (Å²) in [6.07, 6.45) is 12.2. The number of nitrogens with zero attached hydrogens (tertiary/aromatic N) is 3. The van der Waals surface area contributed by atoms with Crippen molar-refractivity contribution in [3.63, 3.8) is 0 Å². The molecule has 2 N–H and O–H groups in total. The molecule has 11 heteroatoms. The van der Waals surface area contributed by atoms with Gasteiger partial charge in [0, 0.05) is 12.6 Å². The van der Waals surface area contributed by atoms with E-state index in [-0.39, 0.29) is 30.9 Å². The SMILES string of the molecule is CC1(C)O[C@H]2[C@@H](O1)[C@@H](COc1nc(NCC34CC5CC(CC(C5)C3)C4)nc(NC3CCCCC3)n1)O[C@@H]1OC(C)(C)O[C@@H]12. The lowest BCUT2D eigenvalue weighted by Crippen LogP contribution is -2.56. The van der Waals surface area contributed by atoms with Crippen molar-refractivity contribution in [2.45, 2.75) is 147 Å². The van der Waals surface area contributed by atoms with Crippen molar-refractivity contribution in [3.05, 3.63) is 0 Å². The van der Waals surface area contributed by atoms with Gasteiger partial charge < -0.3 is 39.1 Å². The van der Waals surface area contributed by atoms with Gasteiger partial charge in [0.1, 0.15) is 31.0 Å². The van der Waals surface area contributed by atoms with E-state index < -0.39 is 24.0 Å². The van der Waals surface area contributed by atoms with Gasteiger partial charge in [0.25, 0.3) is 0 Å². The molecule has 5 aliphatic carbocycles. The molecule has 3 aliphatic heterocycles. The van der Waals surface area contributed by atoms with Gasteiger partial charge in [-0.15, -0.1) is 0 Å². The molecule has 1 aromatic rings. The predicted octanol–water partition coefficient (Wildman–Crippen LogP) is 5.02. The van der Waals surface area contributed by atoms with Gasteiger partial charge in [-0.1, -0.05) is 19.3 Å². The van der Waals surface area contributed by atoms with E-state index in [1.807, 2.05) is 27.7 Å². The fourth-order valence-corrected chi connectivity index (χ4v) is 9.75. The van der Waals surface area contributed by atoms with Crippen LogP contribution < -0.4 is 15.4 Å². The lowest BCUT2D eigenvalue weighted by atomic mass is 9.49.